The number of benzene rings is 2. The van der Waals surface area contributed by atoms with Crippen molar-refractivity contribution in [1.29, 1.82) is 5.41 Å². The lowest BCUT2D eigenvalue weighted by atomic mass is 9.84. The number of amides is 3. The third-order valence-corrected chi connectivity index (χ3v) is 17.3. The summed E-state index contributed by atoms with van der Waals surface area (Å²) in [6, 6.07) is 4.36. The summed E-state index contributed by atoms with van der Waals surface area (Å²) in [6.45, 7) is 21.9. The summed E-state index contributed by atoms with van der Waals surface area (Å²) < 4.78 is 47.9. The van der Waals surface area contributed by atoms with E-state index in [1.807, 2.05) is 65.8 Å². The summed E-state index contributed by atoms with van der Waals surface area (Å²) >= 11 is 0. The SMILES string of the molecule is Cc1c(C)c(S(=O)(=O)NC(=N)NCCC[C@H](NC(=O)[C@@H]2CC3CCCCC3N2C(=O)[C@H]2Cc3ccccc3CN2C(=O)[C@@H](N)COC(C)(C)C)C(=O)OCC[Si](C)(C)C)c(C)c2c1OC(C)(C)C2. The summed E-state index contributed by atoms with van der Waals surface area (Å²) in [5.41, 5.74) is 10.1. The maximum atomic E-state index is 15.2. The van der Waals surface area contributed by atoms with Gasteiger partial charge in [-0.15, -0.1) is 0 Å². The predicted octanol–water partition coefficient (Wildman–Crippen LogP) is 5.53. The van der Waals surface area contributed by atoms with Gasteiger partial charge in [-0.05, 0) is 127 Å². The van der Waals surface area contributed by atoms with Gasteiger partial charge in [0.05, 0.1) is 23.7 Å². The number of fused-ring (bicyclic) bond motifs is 3. The van der Waals surface area contributed by atoms with Crippen LogP contribution in [0.3, 0.4) is 0 Å². The molecule has 3 heterocycles. The van der Waals surface area contributed by atoms with Crippen LogP contribution in [0.25, 0.3) is 0 Å². The van der Waals surface area contributed by atoms with Gasteiger partial charge < -0.3 is 40.4 Å². The molecule has 3 amide bonds. The van der Waals surface area contributed by atoms with E-state index in [0.29, 0.717) is 29.7 Å². The molecule has 0 bridgehead atoms. The van der Waals surface area contributed by atoms with Crippen molar-refractivity contribution < 1.29 is 41.8 Å². The van der Waals surface area contributed by atoms with Gasteiger partial charge in [0.2, 0.25) is 23.7 Å². The van der Waals surface area contributed by atoms with Gasteiger partial charge in [-0.25, -0.2) is 17.9 Å². The number of guanidine groups is 1. The second kappa shape index (κ2) is 20.8. The highest BCUT2D eigenvalue weighted by molar-refractivity contribution is 7.90. The van der Waals surface area contributed by atoms with E-state index >= 15 is 4.79 Å². The second-order valence-electron chi connectivity index (χ2n) is 22.2. The molecule has 1 aliphatic carbocycles. The third kappa shape index (κ3) is 12.4. The number of nitrogens with one attached hydrogen (secondary N) is 4. The van der Waals surface area contributed by atoms with Gasteiger partial charge in [-0.2, -0.15) is 0 Å². The average Bonchev–Trinajstić information content (AvgIpc) is 3.81. The summed E-state index contributed by atoms with van der Waals surface area (Å²) in [5.74, 6) is -1.44. The van der Waals surface area contributed by atoms with Crippen molar-refractivity contribution in [2.45, 2.75) is 192 Å². The zero-order valence-corrected chi connectivity index (χ0v) is 44.0. The van der Waals surface area contributed by atoms with Crippen molar-refractivity contribution in [3.8, 4) is 5.75 Å². The molecule has 2 aromatic rings. The van der Waals surface area contributed by atoms with Gasteiger partial charge in [0.1, 0.15) is 35.5 Å². The molecule has 376 valence electrons. The Morgan fingerprint density at radius 3 is 2.35 bits per heavy atom. The first-order valence-corrected chi connectivity index (χ1v) is 29.6. The minimum Gasteiger partial charge on any atom is -0.487 e. The van der Waals surface area contributed by atoms with Crippen LogP contribution >= 0.6 is 0 Å². The average molecular weight is 980 g/mol. The Kier molecular flexibility index (Phi) is 16.2. The van der Waals surface area contributed by atoms with Gasteiger partial charge in [0.15, 0.2) is 0 Å². The number of rotatable bonds is 16. The highest BCUT2D eigenvalue weighted by Gasteiger charge is 2.51. The Balaban J connectivity index is 1.18. The summed E-state index contributed by atoms with van der Waals surface area (Å²) in [6.07, 6.45) is 5.06. The van der Waals surface area contributed by atoms with E-state index in [9.17, 15) is 22.8 Å². The topological polar surface area (TPSA) is 223 Å². The molecule has 4 aliphatic rings. The summed E-state index contributed by atoms with van der Waals surface area (Å²) in [4.78, 5) is 61.3. The lowest BCUT2D eigenvalue weighted by molar-refractivity contribution is -0.154. The van der Waals surface area contributed by atoms with Gasteiger partial charge >= 0.3 is 5.97 Å². The van der Waals surface area contributed by atoms with Crippen molar-refractivity contribution in [2.24, 2.45) is 11.7 Å². The van der Waals surface area contributed by atoms with E-state index in [-0.39, 0.29) is 68.3 Å². The van der Waals surface area contributed by atoms with Gasteiger partial charge in [0, 0.05) is 45.6 Å². The third-order valence-electron chi connectivity index (χ3n) is 13.9. The fraction of sp³-hybridized carbons (Fsp3) is 0.660. The predicted molar refractivity (Wildman–Crippen MR) is 265 cm³/mol. The Hall–Kier alpha value is -4.52. The molecule has 1 saturated heterocycles. The standard InChI is InChI=1S/C50H77N7O9SSi/c1-30-31(2)43(32(3)36-27-50(7,8)66-42(30)36)67(62,63)55-48(52)53-22-16-20-38(47(61)64-23-24-68(9,10)11)54-44(58)40-26-34-18-14-15-21-39(34)57(40)46(60)41-25-33-17-12-13-19-35(33)28-56(41)45(59)37(51)29-65-49(4,5)6/h12-13,17,19,34,37-41H,14-16,18,20-29,51H2,1-11H3,(H,54,58)(H3,52,53,55)/t34?,37-,38-,39?,40-,41+/m0/s1. The molecule has 6 atom stereocenters. The van der Waals surface area contributed by atoms with Crippen LogP contribution in [0.5, 0.6) is 5.75 Å². The second-order valence-corrected chi connectivity index (χ2v) is 29.5. The quantitative estimate of drug-likeness (QED) is 0.0463. The molecule has 2 fully saturated rings. The monoisotopic (exact) mass is 980 g/mol. The molecular formula is C50H77N7O9SSi. The molecule has 0 spiro atoms. The number of likely N-dealkylation sites (tertiary alicyclic amines) is 1. The Bertz CT molecular complexity index is 2360. The van der Waals surface area contributed by atoms with Crippen LogP contribution in [-0.4, -0.2) is 117 Å². The smallest absolute Gasteiger partial charge is 0.328 e. The van der Waals surface area contributed by atoms with Crippen molar-refractivity contribution in [1.82, 2.24) is 25.2 Å². The van der Waals surface area contributed by atoms with Crippen LogP contribution in [0, 0.1) is 32.1 Å². The zero-order valence-electron chi connectivity index (χ0n) is 42.2. The van der Waals surface area contributed by atoms with Crippen LogP contribution in [0.2, 0.25) is 25.7 Å². The number of nitrogens with two attached hydrogens (primary N) is 1. The Labute approximate surface area is 405 Å². The maximum absolute atomic E-state index is 15.2. The van der Waals surface area contributed by atoms with E-state index in [1.165, 1.54) is 0 Å². The minimum absolute atomic E-state index is 0.0221. The van der Waals surface area contributed by atoms with Gasteiger partial charge in [-0.3, -0.25) is 19.8 Å². The van der Waals surface area contributed by atoms with Crippen molar-refractivity contribution >= 4 is 47.7 Å². The van der Waals surface area contributed by atoms with Crippen LogP contribution < -0.4 is 25.8 Å². The number of ether oxygens (including phenoxy) is 3. The Morgan fingerprint density at radius 1 is 1.00 bits per heavy atom. The minimum atomic E-state index is -4.17. The first kappa shape index (κ1) is 52.8. The molecule has 0 radical (unpaired) electrons. The lowest BCUT2D eigenvalue weighted by Gasteiger charge is -2.42. The first-order valence-electron chi connectivity index (χ1n) is 24.4. The molecule has 6 N–H and O–H groups in total. The highest BCUT2D eigenvalue weighted by Crippen LogP contribution is 2.44. The van der Waals surface area contributed by atoms with Gasteiger partial charge in [-0.1, -0.05) is 56.7 Å². The zero-order chi connectivity index (χ0) is 50.1. The van der Waals surface area contributed by atoms with E-state index < -0.39 is 77.2 Å². The van der Waals surface area contributed by atoms with E-state index in [1.54, 1.807) is 23.6 Å². The van der Waals surface area contributed by atoms with Crippen LogP contribution in [0.4, 0.5) is 0 Å². The highest BCUT2D eigenvalue weighted by atomic mass is 32.2. The van der Waals surface area contributed by atoms with E-state index in [4.69, 9.17) is 25.4 Å². The molecule has 18 heteroatoms. The van der Waals surface area contributed by atoms with E-state index in [0.717, 1.165) is 54.0 Å². The normalized spacial score (nSPS) is 21.9. The molecule has 1 saturated carbocycles. The van der Waals surface area contributed by atoms with Crippen LogP contribution in [0.1, 0.15) is 113 Å². The molecule has 2 unspecified atom stereocenters. The van der Waals surface area contributed by atoms with Crippen LogP contribution in [-0.2, 0) is 58.1 Å². The number of hydrogen-bond acceptors (Lipinski definition) is 11. The molecular weight excluding hydrogens is 903 g/mol. The number of esters is 1. The molecule has 16 nitrogen and oxygen atoms in total. The fourth-order valence-corrected chi connectivity index (χ4v) is 12.5. The van der Waals surface area contributed by atoms with Crippen molar-refractivity contribution in [2.75, 3.05) is 19.8 Å². The summed E-state index contributed by atoms with van der Waals surface area (Å²) in [7, 11) is -5.75. The first-order chi connectivity index (χ1) is 31.7. The Morgan fingerprint density at radius 2 is 1.68 bits per heavy atom. The number of carbonyl (C=O) groups excluding carboxylic acids is 4. The number of hydrogen-bond donors (Lipinski definition) is 5. The largest absolute Gasteiger partial charge is 0.487 e. The molecule has 68 heavy (non-hydrogen) atoms. The number of nitrogens with zero attached hydrogens (tertiary/aromatic N) is 2. The molecule has 0 aromatic heterocycles. The maximum Gasteiger partial charge on any atom is 0.328 e. The number of sulfonamides is 1. The van der Waals surface area contributed by atoms with Crippen molar-refractivity contribution in [3.05, 3.63) is 57.6 Å². The lowest BCUT2D eigenvalue weighted by Crippen LogP contribution is -2.61. The molecule has 6 rings (SSSR count). The van der Waals surface area contributed by atoms with Crippen molar-refractivity contribution in [3.63, 3.8) is 0 Å². The fourth-order valence-electron chi connectivity index (χ4n) is 10.2. The van der Waals surface area contributed by atoms with E-state index in [2.05, 4.69) is 35.0 Å². The molecule has 2 aromatic carbocycles. The number of carbonyl (C=O) groups is 4. The molecule has 3 aliphatic heterocycles. The van der Waals surface area contributed by atoms with Crippen LogP contribution in [0.15, 0.2) is 29.2 Å². The summed E-state index contributed by atoms with van der Waals surface area (Å²) in [5, 5.41) is 14.4. The van der Waals surface area contributed by atoms with Gasteiger partial charge in [0.25, 0.3) is 10.0 Å².